The van der Waals surface area contributed by atoms with Crippen molar-refractivity contribution < 1.29 is 19.4 Å². The third-order valence-corrected chi connectivity index (χ3v) is 4.36. The molecule has 0 radical (unpaired) electrons. The van der Waals surface area contributed by atoms with Crippen molar-refractivity contribution in [2.24, 2.45) is 5.92 Å². The van der Waals surface area contributed by atoms with Crippen LogP contribution in [0.2, 0.25) is 0 Å². The topological polar surface area (TPSA) is 63.6 Å². The van der Waals surface area contributed by atoms with E-state index in [1.165, 1.54) is 5.56 Å². The van der Waals surface area contributed by atoms with E-state index in [0.29, 0.717) is 12.5 Å². The van der Waals surface area contributed by atoms with Gasteiger partial charge in [0.05, 0.1) is 5.92 Å². The molecule has 4 nitrogen and oxygen atoms in total. The summed E-state index contributed by atoms with van der Waals surface area (Å²) in [7, 11) is 0. The van der Waals surface area contributed by atoms with Crippen LogP contribution in [0, 0.1) is 5.92 Å². The molecule has 2 unspecified atom stereocenters. The van der Waals surface area contributed by atoms with Crippen LogP contribution in [0.15, 0.2) is 85.5 Å². The number of carbonyl (C=O) groups excluding carboxylic acids is 1. The monoisotopic (exact) mass is 410 g/mol. The molecule has 2 atom stereocenters. The first-order chi connectivity index (χ1) is 14.7. The van der Waals surface area contributed by atoms with Crippen LogP contribution in [-0.4, -0.2) is 17.5 Å². The molecule has 162 valence electrons. The lowest BCUT2D eigenvalue weighted by molar-refractivity contribution is -0.154. The van der Waals surface area contributed by atoms with Crippen molar-refractivity contribution in [3.63, 3.8) is 0 Å². The molecule has 0 bridgehead atoms. The van der Waals surface area contributed by atoms with Crippen molar-refractivity contribution in [1.82, 2.24) is 0 Å². The van der Waals surface area contributed by atoms with E-state index < -0.39 is 0 Å². The molecule has 2 aromatic rings. The summed E-state index contributed by atoms with van der Waals surface area (Å²) >= 11 is 0. The minimum atomic E-state index is -0.250. The number of allylic oxidation sites excluding steroid dienone is 3. The first kappa shape index (κ1) is 26.9. The summed E-state index contributed by atoms with van der Waals surface area (Å²) < 4.78 is 5.44. The molecule has 1 aliphatic rings. The van der Waals surface area contributed by atoms with Crippen LogP contribution in [0.4, 0.5) is 0 Å². The fourth-order valence-electron chi connectivity index (χ4n) is 2.85. The third kappa shape index (κ3) is 10.4. The Hall–Kier alpha value is -3.14. The smallest absolute Gasteiger partial charge is 0.309 e. The molecule has 0 amide bonds. The predicted octanol–water partition coefficient (Wildman–Crippen LogP) is 6.40. The number of hydrogen-bond donors (Lipinski definition) is 1. The van der Waals surface area contributed by atoms with E-state index in [-0.39, 0.29) is 18.4 Å². The number of carbonyl (C=O) groups is 2. The first-order valence-electron chi connectivity index (χ1n) is 10.2. The molecule has 2 aromatic carbocycles. The highest BCUT2D eigenvalue weighted by Crippen LogP contribution is 2.43. The second-order valence-corrected chi connectivity index (χ2v) is 6.16. The van der Waals surface area contributed by atoms with Crippen LogP contribution >= 0.6 is 0 Å². The molecule has 0 heterocycles. The van der Waals surface area contributed by atoms with E-state index in [0.717, 1.165) is 18.4 Å². The summed E-state index contributed by atoms with van der Waals surface area (Å²) in [4.78, 5) is 20.5. The Morgan fingerprint density at radius 2 is 1.60 bits per heavy atom. The van der Waals surface area contributed by atoms with E-state index >= 15 is 0 Å². The molecule has 1 N–H and O–H groups in total. The summed E-state index contributed by atoms with van der Waals surface area (Å²) in [6, 6.07) is 20.1. The van der Waals surface area contributed by atoms with E-state index in [4.69, 9.17) is 14.6 Å². The quantitative estimate of drug-likeness (QED) is 0.352. The van der Waals surface area contributed by atoms with Crippen LogP contribution < -0.4 is 0 Å². The lowest BCUT2D eigenvalue weighted by atomic mass is 9.70. The molecule has 0 spiro atoms. The van der Waals surface area contributed by atoms with Crippen molar-refractivity contribution in [2.45, 2.75) is 46.1 Å². The molecule has 0 aliphatic heterocycles. The minimum absolute atomic E-state index is 0.0288. The predicted molar refractivity (Wildman–Crippen MR) is 123 cm³/mol. The van der Waals surface area contributed by atoms with Crippen LogP contribution in [0.5, 0.6) is 0 Å². The maximum atomic E-state index is 12.2. The van der Waals surface area contributed by atoms with E-state index in [1.807, 2.05) is 81.5 Å². The third-order valence-electron chi connectivity index (χ3n) is 4.36. The molecule has 1 saturated carbocycles. The molecular formula is C26H34O4. The summed E-state index contributed by atoms with van der Waals surface area (Å²) in [6.07, 6.45) is 7.59. The van der Waals surface area contributed by atoms with Crippen LogP contribution in [0.3, 0.4) is 0 Å². The molecular weight excluding hydrogens is 376 g/mol. The average Bonchev–Trinajstić information content (AvgIpc) is 2.76. The second kappa shape index (κ2) is 17.9. The fraction of sp³-hybridized carbons (Fsp3) is 0.308. The molecule has 4 heteroatoms. The number of esters is 1. The number of hydrogen-bond acceptors (Lipinski definition) is 3. The summed E-state index contributed by atoms with van der Waals surface area (Å²) in [5, 5.41) is 6.89. The Bertz CT molecular complexity index is 723. The average molecular weight is 411 g/mol. The Morgan fingerprint density at radius 1 is 1.07 bits per heavy atom. The Morgan fingerprint density at radius 3 is 2.00 bits per heavy atom. The van der Waals surface area contributed by atoms with Gasteiger partial charge in [0.1, 0.15) is 6.61 Å². The molecule has 1 aliphatic carbocycles. The zero-order chi connectivity index (χ0) is 22.6. The van der Waals surface area contributed by atoms with Gasteiger partial charge < -0.3 is 9.84 Å². The number of rotatable bonds is 5. The summed E-state index contributed by atoms with van der Waals surface area (Å²) in [6.45, 7) is 9.55. The van der Waals surface area contributed by atoms with E-state index in [1.54, 1.807) is 6.08 Å². The SMILES string of the molecule is C=C/C=C\C.CC.O=C(OCc1ccccc1)C1CCC1c1ccccc1.O=CO. The van der Waals surface area contributed by atoms with Crippen molar-refractivity contribution in [2.75, 3.05) is 0 Å². The number of carboxylic acid groups (broad SMARTS) is 1. The van der Waals surface area contributed by atoms with Gasteiger partial charge in [-0.05, 0) is 36.8 Å². The van der Waals surface area contributed by atoms with Crippen LogP contribution in [-0.2, 0) is 20.9 Å². The molecule has 30 heavy (non-hydrogen) atoms. The summed E-state index contributed by atoms with van der Waals surface area (Å²) in [5.74, 6) is 0.301. The van der Waals surface area contributed by atoms with E-state index in [2.05, 4.69) is 18.7 Å². The van der Waals surface area contributed by atoms with Gasteiger partial charge in [-0.15, -0.1) is 0 Å². The molecule has 0 saturated heterocycles. The van der Waals surface area contributed by atoms with Crippen molar-refractivity contribution in [1.29, 1.82) is 0 Å². The van der Waals surface area contributed by atoms with Gasteiger partial charge in [-0.1, -0.05) is 99.3 Å². The highest BCUT2D eigenvalue weighted by molar-refractivity contribution is 5.75. The summed E-state index contributed by atoms with van der Waals surface area (Å²) in [5.41, 5.74) is 2.29. The fourth-order valence-corrected chi connectivity index (χ4v) is 2.85. The Kier molecular flexibility index (Phi) is 16.0. The second-order valence-electron chi connectivity index (χ2n) is 6.16. The minimum Gasteiger partial charge on any atom is -0.483 e. The van der Waals surface area contributed by atoms with Gasteiger partial charge in [0.2, 0.25) is 0 Å². The number of ether oxygens (including phenoxy) is 1. The van der Waals surface area contributed by atoms with Gasteiger partial charge >= 0.3 is 5.97 Å². The molecule has 1 fully saturated rings. The molecule has 0 aromatic heterocycles. The van der Waals surface area contributed by atoms with Gasteiger partial charge in [-0.2, -0.15) is 0 Å². The maximum absolute atomic E-state index is 12.2. The Labute approximate surface area is 180 Å². The van der Waals surface area contributed by atoms with Crippen LogP contribution in [0.25, 0.3) is 0 Å². The van der Waals surface area contributed by atoms with Gasteiger partial charge in [0.15, 0.2) is 0 Å². The Balaban J connectivity index is 0.000000716. The van der Waals surface area contributed by atoms with E-state index in [9.17, 15) is 4.79 Å². The van der Waals surface area contributed by atoms with Gasteiger partial charge in [-0.25, -0.2) is 0 Å². The van der Waals surface area contributed by atoms with Crippen molar-refractivity contribution in [3.05, 3.63) is 96.6 Å². The highest BCUT2D eigenvalue weighted by atomic mass is 16.5. The normalized spacial score (nSPS) is 16.1. The molecule has 3 rings (SSSR count). The zero-order valence-electron chi connectivity index (χ0n) is 18.2. The first-order valence-corrected chi connectivity index (χ1v) is 10.2. The highest BCUT2D eigenvalue weighted by Gasteiger charge is 2.38. The zero-order valence-corrected chi connectivity index (χ0v) is 18.2. The maximum Gasteiger partial charge on any atom is 0.309 e. The standard InChI is InChI=1S/C18H18O2.C5H8.C2H6.CH2O2/c19-18(20-13-14-7-3-1-4-8-14)17-12-11-16(17)15-9-5-2-6-10-15;1-3-5-4-2;1-2;2-1-3/h1-10,16-17H,11-13H2;3-5H,1H2,2H3;1-2H3;1H,(H,2,3)/b;5-4-;;. The van der Waals surface area contributed by atoms with Crippen LogP contribution in [0.1, 0.15) is 50.7 Å². The van der Waals surface area contributed by atoms with Crippen molar-refractivity contribution in [3.8, 4) is 0 Å². The van der Waals surface area contributed by atoms with Gasteiger partial charge in [-0.3, -0.25) is 9.59 Å². The van der Waals surface area contributed by atoms with Gasteiger partial charge in [0.25, 0.3) is 6.47 Å². The van der Waals surface area contributed by atoms with Crippen molar-refractivity contribution >= 4 is 12.4 Å². The lowest BCUT2D eigenvalue weighted by Crippen LogP contribution is -2.32. The largest absolute Gasteiger partial charge is 0.483 e. The lowest BCUT2D eigenvalue weighted by Gasteiger charge is -2.35. The van der Waals surface area contributed by atoms with Gasteiger partial charge in [0, 0.05) is 0 Å². The number of benzene rings is 2.